The van der Waals surface area contributed by atoms with Crippen molar-refractivity contribution in [1.82, 2.24) is 5.43 Å². The van der Waals surface area contributed by atoms with Crippen LogP contribution in [-0.2, 0) is 14.6 Å². The number of nitrogens with one attached hydrogen (secondary N) is 1. The number of hydrogen-bond acceptors (Lipinski definition) is 6. The van der Waals surface area contributed by atoms with Crippen molar-refractivity contribution in [1.29, 1.82) is 5.26 Å². The molecule has 0 radical (unpaired) electrons. The molecule has 0 aliphatic heterocycles. The molecule has 2 aromatic rings. The molecule has 0 heterocycles. The van der Waals surface area contributed by atoms with E-state index in [4.69, 9.17) is 10.00 Å². The number of hydrazone groups is 1. The van der Waals surface area contributed by atoms with E-state index in [1.807, 2.05) is 6.07 Å². The number of rotatable bonds is 6. The topological polar surface area (TPSA) is 109 Å². The Morgan fingerprint density at radius 2 is 1.74 bits per heavy atom. The number of hydrogen-bond donors (Lipinski definition) is 1. The lowest BCUT2D eigenvalue weighted by atomic mass is 10.1. The normalized spacial score (nSPS) is 12.7. The molecule has 27 heavy (non-hydrogen) atoms. The number of sulfone groups is 1. The molecule has 1 atom stereocenters. The number of ether oxygens (including phenoxy) is 1. The fourth-order valence-corrected chi connectivity index (χ4v) is 2.73. The Morgan fingerprint density at radius 3 is 2.26 bits per heavy atom. The summed E-state index contributed by atoms with van der Waals surface area (Å²) in [6.45, 7) is 3.28. The molecule has 0 saturated heterocycles. The highest BCUT2D eigenvalue weighted by molar-refractivity contribution is 7.90. The summed E-state index contributed by atoms with van der Waals surface area (Å²) < 4.78 is 28.5. The average molecular weight is 385 g/mol. The zero-order chi connectivity index (χ0) is 20.0. The van der Waals surface area contributed by atoms with Crippen LogP contribution in [0.5, 0.6) is 5.75 Å². The first-order valence-corrected chi connectivity index (χ1v) is 9.91. The first-order valence-electron chi connectivity index (χ1n) is 8.02. The molecule has 0 aliphatic carbocycles. The second kappa shape index (κ2) is 8.47. The predicted molar refractivity (Wildman–Crippen MR) is 101 cm³/mol. The number of carbonyl (C=O) groups is 1. The molecule has 0 bridgehead atoms. The highest BCUT2D eigenvalue weighted by Crippen LogP contribution is 2.14. The number of carbonyl (C=O) groups excluding carboxylic acids is 1. The number of nitriles is 1. The maximum atomic E-state index is 12.1. The highest BCUT2D eigenvalue weighted by Gasteiger charge is 2.14. The van der Waals surface area contributed by atoms with Crippen LogP contribution < -0.4 is 10.2 Å². The van der Waals surface area contributed by atoms with Crippen LogP contribution in [0, 0.1) is 11.3 Å². The van der Waals surface area contributed by atoms with Gasteiger partial charge in [-0.1, -0.05) is 12.1 Å². The van der Waals surface area contributed by atoms with Crippen molar-refractivity contribution < 1.29 is 17.9 Å². The maximum Gasteiger partial charge on any atom is 0.280 e. The molecular formula is C19H19N3O4S. The minimum absolute atomic E-state index is 0.215. The van der Waals surface area contributed by atoms with Crippen LogP contribution in [-0.4, -0.2) is 32.4 Å². The van der Waals surface area contributed by atoms with Gasteiger partial charge in [-0.25, -0.2) is 13.8 Å². The van der Waals surface area contributed by atoms with Crippen LogP contribution in [0.4, 0.5) is 0 Å². The van der Waals surface area contributed by atoms with E-state index in [0.717, 1.165) is 6.26 Å². The molecule has 1 amide bonds. The molecule has 7 nitrogen and oxygen atoms in total. The largest absolute Gasteiger partial charge is 0.481 e. The van der Waals surface area contributed by atoms with Gasteiger partial charge in [-0.05, 0) is 55.8 Å². The molecule has 0 fully saturated rings. The molecule has 0 unspecified atom stereocenters. The van der Waals surface area contributed by atoms with Crippen LogP contribution in [0.3, 0.4) is 0 Å². The minimum atomic E-state index is -3.26. The molecule has 0 aromatic heterocycles. The van der Waals surface area contributed by atoms with Crippen molar-refractivity contribution in [2.75, 3.05) is 6.26 Å². The Bertz CT molecular complexity index is 989. The van der Waals surface area contributed by atoms with Crippen molar-refractivity contribution in [3.8, 4) is 11.8 Å². The van der Waals surface area contributed by atoms with Crippen LogP contribution in [0.15, 0.2) is 58.5 Å². The Morgan fingerprint density at radius 1 is 1.15 bits per heavy atom. The van der Waals surface area contributed by atoms with Crippen molar-refractivity contribution in [2.45, 2.75) is 24.8 Å². The molecule has 8 heteroatoms. The molecule has 1 N–H and O–H groups in total. The molecule has 2 rings (SSSR count). The molecular weight excluding hydrogens is 366 g/mol. The molecule has 0 aliphatic rings. The zero-order valence-corrected chi connectivity index (χ0v) is 15.9. The lowest BCUT2D eigenvalue weighted by Gasteiger charge is -2.13. The fourth-order valence-electron chi connectivity index (χ4n) is 2.10. The summed E-state index contributed by atoms with van der Waals surface area (Å²) in [7, 11) is -3.26. The van der Waals surface area contributed by atoms with Gasteiger partial charge in [-0.2, -0.15) is 10.4 Å². The van der Waals surface area contributed by atoms with Crippen molar-refractivity contribution in [3.05, 3.63) is 59.7 Å². The van der Waals surface area contributed by atoms with Crippen molar-refractivity contribution in [3.63, 3.8) is 0 Å². The van der Waals surface area contributed by atoms with Gasteiger partial charge in [0.1, 0.15) is 5.75 Å². The standard InChI is InChI=1S/C19H19N3O4S/c1-13(16-6-10-18(11-7-16)27(3,24)25)21-22-19(23)14(2)26-17-8-4-15(12-20)5-9-17/h4-11,14H,1-3H3,(H,22,23)/b21-13-/t14-/m1/s1. The predicted octanol–water partition coefficient (Wildman–Crippen LogP) is 2.27. The van der Waals surface area contributed by atoms with Crippen LogP contribution in [0.1, 0.15) is 25.0 Å². The second-order valence-electron chi connectivity index (χ2n) is 5.87. The SMILES string of the molecule is C/C(=N/NC(=O)[C@@H](C)Oc1ccc(C#N)cc1)c1ccc(S(C)(=O)=O)cc1. The van der Waals surface area contributed by atoms with Crippen molar-refractivity contribution >= 4 is 21.5 Å². The number of nitrogens with zero attached hydrogens (tertiary/aromatic N) is 2. The van der Waals surface area contributed by atoms with E-state index in [1.54, 1.807) is 50.2 Å². The van der Waals surface area contributed by atoms with Gasteiger partial charge in [0.15, 0.2) is 15.9 Å². The van der Waals surface area contributed by atoms with Gasteiger partial charge >= 0.3 is 0 Å². The van der Waals surface area contributed by atoms with Crippen LogP contribution in [0.25, 0.3) is 0 Å². The summed E-state index contributed by atoms with van der Waals surface area (Å²) in [6, 6.07) is 14.6. The lowest BCUT2D eigenvalue weighted by Crippen LogP contribution is -2.33. The Hall–Kier alpha value is -3.18. The smallest absolute Gasteiger partial charge is 0.280 e. The zero-order valence-electron chi connectivity index (χ0n) is 15.1. The maximum absolute atomic E-state index is 12.1. The third-order valence-electron chi connectivity index (χ3n) is 3.70. The number of amides is 1. The minimum Gasteiger partial charge on any atom is -0.481 e. The summed E-state index contributed by atoms with van der Waals surface area (Å²) in [5.41, 5.74) is 4.13. The summed E-state index contributed by atoms with van der Waals surface area (Å²) in [5.74, 6) is 0.0279. The van der Waals surface area contributed by atoms with Crippen LogP contribution >= 0.6 is 0 Å². The third kappa shape index (κ3) is 5.66. The summed E-state index contributed by atoms with van der Waals surface area (Å²) in [4.78, 5) is 12.3. The van der Waals surface area contributed by atoms with E-state index in [-0.39, 0.29) is 4.90 Å². The molecule has 0 saturated carbocycles. The van der Waals surface area contributed by atoms with Gasteiger partial charge in [0.05, 0.1) is 22.2 Å². The third-order valence-corrected chi connectivity index (χ3v) is 4.83. The average Bonchev–Trinajstić information content (AvgIpc) is 2.65. The van der Waals surface area contributed by atoms with Gasteiger partial charge in [-0.15, -0.1) is 0 Å². The molecule has 2 aromatic carbocycles. The van der Waals surface area contributed by atoms with E-state index >= 15 is 0 Å². The Kier molecular flexibility index (Phi) is 6.32. The summed E-state index contributed by atoms with van der Waals surface area (Å²) >= 11 is 0. The molecule has 0 spiro atoms. The van der Waals surface area contributed by atoms with Crippen LogP contribution in [0.2, 0.25) is 0 Å². The van der Waals surface area contributed by atoms with Gasteiger partial charge in [0.2, 0.25) is 0 Å². The lowest BCUT2D eigenvalue weighted by molar-refractivity contribution is -0.127. The van der Waals surface area contributed by atoms with E-state index in [2.05, 4.69) is 10.5 Å². The number of benzene rings is 2. The van der Waals surface area contributed by atoms with E-state index in [1.165, 1.54) is 12.1 Å². The van der Waals surface area contributed by atoms with Crippen molar-refractivity contribution in [2.24, 2.45) is 5.10 Å². The van der Waals surface area contributed by atoms with E-state index < -0.39 is 21.8 Å². The Balaban J connectivity index is 1.98. The quantitative estimate of drug-likeness (QED) is 0.606. The van der Waals surface area contributed by atoms with Gasteiger partial charge < -0.3 is 4.74 Å². The highest BCUT2D eigenvalue weighted by atomic mass is 32.2. The van der Waals surface area contributed by atoms with E-state index in [0.29, 0.717) is 22.6 Å². The summed E-state index contributed by atoms with van der Waals surface area (Å²) in [5, 5.41) is 12.8. The van der Waals surface area contributed by atoms with Gasteiger partial charge in [0, 0.05) is 6.26 Å². The van der Waals surface area contributed by atoms with Gasteiger partial charge in [-0.3, -0.25) is 4.79 Å². The first-order chi connectivity index (χ1) is 12.7. The van der Waals surface area contributed by atoms with E-state index in [9.17, 15) is 13.2 Å². The first kappa shape index (κ1) is 20.1. The monoisotopic (exact) mass is 385 g/mol. The summed E-state index contributed by atoms with van der Waals surface area (Å²) in [6.07, 6.45) is 0.348. The van der Waals surface area contributed by atoms with Gasteiger partial charge in [0.25, 0.3) is 5.91 Å². The fraction of sp³-hybridized carbons (Fsp3) is 0.211. The molecule has 140 valence electrons. The Labute approximate surface area is 158 Å². The second-order valence-corrected chi connectivity index (χ2v) is 7.88.